The third-order valence-electron chi connectivity index (χ3n) is 4.96. The van der Waals surface area contributed by atoms with E-state index in [1.807, 2.05) is 43.3 Å². The van der Waals surface area contributed by atoms with Crippen molar-refractivity contribution in [2.24, 2.45) is 0 Å². The van der Waals surface area contributed by atoms with Crippen LogP contribution >= 0.6 is 0 Å². The minimum Gasteiger partial charge on any atom is -0.355 e. The van der Waals surface area contributed by atoms with E-state index >= 15 is 0 Å². The highest BCUT2D eigenvalue weighted by Crippen LogP contribution is 2.23. The fourth-order valence-electron chi connectivity index (χ4n) is 3.39. The van der Waals surface area contributed by atoms with Gasteiger partial charge in [-0.15, -0.1) is 5.10 Å². The molecule has 5 aromatic rings. The van der Waals surface area contributed by atoms with E-state index in [4.69, 9.17) is 0 Å². The van der Waals surface area contributed by atoms with Crippen LogP contribution in [0.25, 0.3) is 28.1 Å². The van der Waals surface area contributed by atoms with Crippen LogP contribution in [0.1, 0.15) is 16.2 Å². The van der Waals surface area contributed by atoms with Crippen LogP contribution in [0.4, 0.5) is 11.6 Å². The summed E-state index contributed by atoms with van der Waals surface area (Å²) in [5.74, 6) is 0.895. The third-order valence-corrected chi connectivity index (χ3v) is 4.96. The van der Waals surface area contributed by atoms with Gasteiger partial charge in [0.1, 0.15) is 5.82 Å². The maximum atomic E-state index is 11.9. The van der Waals surface area contributed by atoms with E-state index in [0.717, 1.165) is 16.9 Å². The molecule has 0 bridgehead atoms. The molecule has 0 spiro atoms. The van der Waals surface area contributed by atoms with Crippen LogP contribution in [0.15, 0.2) is 67.0 Å². The van der Waals surface area contributed by atoms with Gasteiger partial charge >= 0.3 is 0 Å². The number of hydrogen-bond donors (Lipinski definition) is 2. The molecule has 2 aromatic carbocycles. The first kappa shape index (κ1) is 20.2. The van der Waals surface area contributed by atoms with Crippen LogP contribution in [0.3, 0.4) is 0 Å². The number of nitrogens with zero attached hydrogens (tertiary/aromatic N) is 7. The number of carbonyl (C=O) groups is 1. The maximum absolute atomic E-state index is 11.9. The topological polar surface area (TPSA) is 123 Å². The zero-order chi connectivity index (χ0) is 22.8. The first-order valence-electron chi connectivity index (χ1n) is 10.2. The third kappa shape index (κ3) is 4.09. The van der Waals surface area contributed by atoms with Crippen molar-refractivity contribution in [1.29, 1.82) is 0 Å². The van der Waals surface area contributed by atoms with Crippen molar-refractivity contribution in [2.45, 2.75) is 6.92 Å². The molecular formula is C23H19N9O. The van der Waals surface area contributed by atoms with Gasteiger partial charge in [0.2, 0.25) is 5.95 Å². The van der Waals surface area contributed by atoms with Gasteiger partial charge in [0.25, 0.3) is 5.91 Å². The molecule has 2 N–H and O–H groups in total. The molecule has 0 aliphatic carbocycles. The average Bonchev–Trinajstić information content (AvgIpc) is 3.27. The Kier molecular flexibility index (Phi) is 5.15. The molecule has 3 aromatic heterocycles. The molecule has 0 aliphatic rings. The Hall–Kier alpha value is -4.73. The van der Waals surface area contributed by atoms with Gasteiger partial charge in [-0.05, 0) is 43.3 Å². The Bertz CT molecular complexity index is 1480. The van der Waals surface area contributed by atoms with E-state index in [9.17, 15) is 4.79 Å². The van der Waals surface area contributed by atoms with E-state index in [1.54, 1.807) is 42.3 Å². The van der Waals surface area contributed by atoms with Crippen molar-refractivity contribution in [1.82, 2.24) is 40.2 Å². The van der Waals surface area contributed by atoms with Crippen LogP contribution in [-0.4, -0.2) is 47.9 Å². The van der Waals surface area contributed by atoms with Crippen LogP contribution in [0, 0.1) is 6.92 Å². The predicted octanol–water partition coefficient (Wildman–Crippen LogP) is 3.08. The molecule has 1 amide bonds. The molecule has 0 saturated carbocycles. The number of rotatable bonds is 5. The van der Waals surface area contributed by atoms with Crippen LogP contribution < -0.4 is 10.6 Å². The molecule has 0 radical (unpaired) electrons. The van der Waals surface area contributed by atoms with Gasteiger partial charge in [0.05, 0.1) is 17.6 Å². The van der Waals surface area contributed by atoms with Gasteiger partial charge in [-0.3, -0.25) is 4.79 Å². The molecular weight excluding hydrogens is 418 g/mol. The second-order valence-corrected chi connectivity index (χ2v) is 7.23. The first-order valence-corrected chi connectivity index (χ1v) is 10.2. The first-order chi connectivity index (χ1) is 16.1. The highest BCUT2D eigenvalue weighted by molar-refractivity contribution is 5.95. The highest BCUT2D eigenvalue weighted by atomic mass is 16.1. The molecule has 10 heteroatoms. The van der Waals surface area contributed by atoms with E-state index in [0.29, 0.717) is 34.2 Å². The van der Waals surface area contributed by atoms with Crippen molar-refractivity contribution in [3.8, 4) is 16.9 Å². The molecule has 33 heavy (non-hydrogen) atoms. The Morgan fingerprint density at radius 1 is 1.00 bits per heavy atom. The van der Waals surface area contributed by atoms with Crippen molar-refractivity contribution in [3.63, 3.8) is 0 Å². The number of carbonyl (C=O) groups excluding carboxylic acids is 1. The van der Waals surface area contributed by atoms with Gasteiger partial charge in [0, 0.05) is 30.1 Å². The standard InChI is InChI=1S/C23H19N9O/c1-14-25-10-9-19(27-14)15-5-4-8-18(12-15)32-21-20(30-31-32)13-26-23(29-21)28-17-7-3-6-16(11-17)22(33)24-2/h3-13H,1-2H3,(H,24,33)(H,26,28,29). The number of nitrogens with one attached hydrogen (secondary N) is 2. The fraction of sp³-hybridized carbons (Fsp3) is 0.0870. The van der Waals surface area contributed by atoms with Crippen molar-refractivity contribution >= 4 is 28.7 Å². The summed E-state index contributed by atoms with van der Waals surface area (Å²) in [4.78, 5) is 29.5. The van der Waals surface area contributed by atoms with Gasteiger partial charge in [-0.2, -0.15) is 9.67 Å². The Morgan fingerprint density at radius 2 is 1.88 bits per heavy atom. The second-order valence-electron chi connectivity index (χ2n) is 7.23. The molecule has 10 nitrogen and oxygen atoms in total. The molecule has 0 aliphatic heterocycles. The number of fused-ring (bicyclic) bond motifs is 1. The fourth-order valence-corrected chi connectivity index (χ4v) is 3.39. The lowest BCUT2D eigenvalue weighted by atomic mass is 10.1. The summed E-state index contributed by atoms with van der Waals surface area (Å²) in [6, 6.07) is 16.8. The lowest BCUT2D eigenvalue weighted by molar-refractivity contribution is 0.0963. The van der Waals surface area contributed by atoms with Crippen molar-refractivity contribution in [3.05, 3.63) is 78.4 Å². The van der Waals surface area contributed by atoms with Crippen LogP contribution in [-0.2, 0) is 0 Å². The van der Waals surface area contributed by atoms with Crippen LogP contribution in [0.5, 0.6) is 0 Å². The number of aromatic nitrogens is 7. The zero-order valence-electron chi connectivity index (χ0n) is 17.9. The summed E-state index contributed by atoms with van der Waals surface area (Å²) < 4.78 is 1.65. The quantitative estimate of drug-likeness (QED) is 0.430. The maximum Gasteiger partial charge on any atom is 0.251 e. The second kappa shape index (κ2) is 8.42. The highest BCUT2D eigenvalue weighted by Gasteiger charge is 2.12. The molecule has 3 heterocycles. The molecule has 0 atom stereocenters. The summed E-state index contributed by atoms with van der Waals surface area (Å²) >= 11 is 0. The molecule has 0 fully saturated rings. The number of anilines is 2. The summed E-state index contributed by atoms with van der Waals surface area (Å²) in [6.07, 6.45) is 3.34. The van der Waals surface area contributed by atoms with Crippen LogP contribution in [0.2, 0.25) is 0 Å². The molecule has 162 valence electrons. The van der Waals surface area contributed by atoms with E-state index in [1.165, 1.54) is 0 Å². The predicted molar refractivity (Wildman–Crippen MR) is 123 cm³/mol. The van der Waals surface area contributed by atoms with Gasteiger partial charge in [-0.25, -0.2) is 15.0 Å². The van der Waals surface area contributed by atoms with E-state index in [2.05, 4.69) is 40.9 Å². The van der Waals surface area contributed by atoms with Crippen molar-refractivity contribution in [2.75, 3.05) is 12.4 Å². The van der Waals surface area contributed by atoms with Gasteiger partial charge in [-0.1, -0.05) is 23.4 Å². The molecule has 5 rings (SSSR count). The summed E-state index contributed by atoms with van der Waals surface area (Å²) in [7, 11) is 1.59. The lowest BCUT2D eigenvalue weighted by Crippen LogP contribution is -2.17. The minimum atomic E-state index is -0.170. The van der Waals surface area contributed by atoms with E-state index in [-0.39, 0.29) is 5.91 Å². The summed E-state index contributed by atoms with van der Waals surface area (Å²) in [5.41, 5.74) is 4.87. The number of amides is 1. The van der Waals surface area contributed by atoms with Crippen molar-refractivity contribution < 1.29 is 4.79 Å². The zero-order valence-corrected chi connectivity index (χ0v) is 17.9. The number of aryl methyl sites for hydroxylation is 1. The molecule has 0 saturated heterocycles. The van der Waals surface area contributed by atoms with Gasteiger partial charge in [0.15, 0.2) is 11.2 Å². The average molecular weight is 437 g/mol. The smallest absolute Gasteiger partial charge is 0.251 e. The number of benzene rings is 2. The normalized spacial score (nSPS) is 10.8. The summed E-state index contributed by atoms with van der Waals surface area (Å²) in [5, 5.41) is 14.2. The molecule has 0 unspecified atom stereocenters. The monoisotopic (exact) mass is 437 g/mol. The Morgan fingerprint density at radius 3 is 2.73 bits per heavy atom. The van der Waals surface area contributed by atoms with Gasteiger partial charge < -0.3 is 10.6 Å². The Balaban J connectivity index is 1.50. The largest absolute Gasteiger partial charge is 0.355 e. The number of hydrogen-bond acceptors (Lipinski definition) is 8. The summed E-state index contributed by atoms with van der Waals surface area (Å²) in [6.45, 7) is 1.86. The van der Waals surface area contributed by atoms with E-state index < -0.39 is 0 Å². The Labute approximate surface area is 188 Å². The SMILES string of the molecule is CNC(=O)c1cccc(Nc2ncc3nnn(-c4cccc(-c5ccnc(C)n5)c4)c3n2)c1. The lowest BCUT2D eigenvalue weighted by Gasteiger charge is -2.08. The minimum absolute atomic E-state index is 0.170.